The number of rotatable bonds is 2. The van der Waals surface area contributed by atoms with E-state index in [1.54, 1.807) is 0 Å². The second-order valence-electron chi connectivity index (χ2n) is 3.81. The zero-order valence-corrected chi connectivity index (χ0v) is 11.9. The molecule has 0 atom stereocenters. The van der Waals surface area contributed by atoms with Gasteiger partial charge in [0.05, 0.1) is 13.9 Å². The summed E-state index contributed by atoms with van der Waals surface area (Å²) in [5, 5.41) is 11.0. The van der Waals surface area contributed by atoms with E-state index in [4.69, 9.17) is 0 Å². The molecule has 0 aromatic heterocycles. The molecule has 1 aliphatic heterocycles. The lowest BCUT2D eigenvalue weighted by Crippen LogP contribution is -2.20. The van der Waals surface area contributed by atoms with Gasteiger partial charge in [0.2, 0.25) is 0 Å². The molecule has 0 N–H and O–H groups in total. The van der Waals surface area contributed by atoms with Crippen molar-refractivity contribution in [3.8, 4) is 0 Å². The molecule has 0 amide bonds. The van der Waals surface area contributed by atoms with Gasteiger partial charge < -0.3 is 4.90 Å². The summed E-state index contributed by atoms with van der Waals surface area (Å²) >= 11 is 6.09. The predicted octanol–water partition coefficient (Wildman–Crippen LogP) is 3.86. The highest BCUT2D eigenvalue weighted by Crippen LogP contribution is 2.42. The number of nitro benzene ring substituents is 1. The van der Waals surface area contributed by atoms with E-state index in [-0.39, 0.29) is 14.6 Å². The van der Waals surface area contributed by atoms with E-state index in [9.17, 15) is 14.5 Å². The van der Waals surface area contributed by atoms with Crippen molar-refractivity contribution in [1.82, 2.24) is 0 Å². The third kappa shape index (κ3) is 2.30. The van der Waals surface area contributed by atoms with Gasteiger partial charge in [-0.3, -0.25) is 10.1 Å². The third-order valence-electron chi connectivity index (χ3n) is 2.74. The van der Waals surface area contributed by atoms with E-state index < -0.39 is 10.7 Å². The molecule has 0 aliphatic carbocycles. The van der Waals surface area contributed by atoms with Crippen molar-refractivity contribution >= 4 is 43.2 Å². The maximum Gasteiger partial charge on any atom is 0.295 e. The average molecular weight is 368 g/mol. The molecule has 1 fully saturated rings. The van der Waals surface area contributed by atoms with E-state index in [0.717, 1.165) is 25.9 Å². The largest absolute Gasteiger partial charge is 0.365 e. The SMILES string of the molecule is O=[N+]([O-])c1cc(Br)c(F)c(Br)c1N1CCCC1. The van der Waals surface area contributed by atoms with Crippen molar-refractivity contribution in [3.63, 3.8) is 0 Å². The van der Waals surface area contributed by atoms with E-state index >= 15 is 0 Å². The molecule has 7 heteroatoms. The lowest BCUT2D eigenvalue weighted by atomic mass is 10.2. The predicted molar refractivity (Wildman–Crippen MR) is 69.9 cm³/mol. The fourth-order valence-corrected chi connectivity index (χ4v) is 3.30. The van der Waals surface area contributed by atoms with Gasteiger partial charge >= 0.3 is 0 Å². The molecular formula is C10H9Br2FN2O2. The highest BCUT2D eigenvalue weighted by molar-refractivity contribution is 9.11. The van der Waals surface area contributed by atoms with Gasteiger partial charge in [0, 0.05) is 19.2 Å². The van der Waals surface area contributed by atoms with Crippen molar-refractivity contribution in [2.45, 2.75) is 12.8 Å². The van der Waals surface area contributed by atoms with Gasteiger partial charge in [0.25, 0.3) is 5.69 Å². The number of hydrogen-bond acceptors (Lipinski definition) is 3. The van der Waals surface area contributed by atoms with Crippen molar-refractivity contribution in [3.05, 3.63) is 30.9 Å². The van der Waals surface area contributed by atoms with Gasteiger partial charge in [0.15, 0.2) is 5.82 Å². The minimum absolute atomic E-state index is 0.0768. The first-order valence-electron chi connectivity index (χ1n) is 5.09. The van der Waals surface area contributed by atoms with Crippen molar-refractivity contribution in [2.24, 2.45) is 0 Å². The number of hydrogen-bond donors (Lipinski definition) is 0. The molecule has 17 heavy (non-hydrogen) atoms. The summed E-state index contributed by atoms with van der Waals surface area (Å²) in [5.74, 6) is -0.502. The third-order valence-corrected chi connectivity index (χ3v) is 4.04. The van der Waals surface area contributed by atoms with Gasteiger partial charge in [-0.05, 0) is 44.7 Å². The molecule has 2 rings (SSSR count). The summed E-state index contributed by atoms with van der Waals surface area (Å²) in [5.41, 5.74) is 0.264. The van der Waals surface area contributed by atoms with Crippen LogP contribution in [0.3, 0.4) is 0 Å². The second kappa shape index (κ2) is 4.89. The van der Waals surface area contributed by atoms with Crippen molar-refractivity contribution in [2.75, 3.05) is 18.0 Å². The highest BCUT2D eigenvalue weighted by Gasteiger charge is 2.28. The van der Waals surface area contributed by atoms with Crippen molar-refractivity contribution in [1.29, 1.82) is 0 Å². The van der Waals surface area contributed by atoms with Crippen LogP contribution in [0.25, 0.3) is 0 Å². The molecule has 1 aromatic carbocycles. The lowest BCUT2D eigenvalue weighted by molar-refractivity contribution is -0.384. The molecule has 0 bridgehead atoms. The fourth-order valence-electron chi connectivity index (χ4n) is 1.95. The van der Waals surface area contributed by atoms with Crippen LogP contribution in [-0.2, 0) is 0 Å². The van der Waals surface area contributed by atoms with Crippen LogP contribution in [0.5, 0.6) is 0 Å². The standard InChI is InChI=1S/C10H9Br2FN2O2/c11-6-5-7(15(16)17)10(8(12)9(6)13)14-3-1-2-4-14/h5H,1-4H2. The molecule has 0 saturated carbocycles. The Labute approximate surface area is 114 Å². The van der Waals surface area contributed by atoms with Gasteiger partial charge in [-0.1, -0.05) is 0 Å². The van der Waals surface area contributed by atoms with Crippen LogP contribution in [0.1, 0.15) is 12.8 Å². The first-order valence-corrected chi connectivity index (χ1v) is 6.68. The summed E-state index contributed by atoms with van der Waals surface area (Å²) in [4.78, 5) is 12.4. The maximum atomic E-state index is 13.7. The minimum Gasteiger partial charge on any atom is -0.365 e. The molecule has 0 unspecified atom stereocenters. The number of anilines is 1. The van der Waals surface area contributed by atoms with Crippen LogP contribution in [0, 0.1) is 15.9 Å². The summed E-state index contributed by atoms with van der Waals surface area (Å²) in [6.45, 7) is 1.45. The minimum atomic E-state index is -0.502. The van der Waals surface area contributed by atoms with Gasteiger partial charge in [-0.25, -0.2) is 4.39 Å². The van der Waals surface area contributed by atoms with E-state index in [0.29, 0.717) is 5.69 Å². The summed E-state index contributed by atoms with van der Waals surface area (Å²) in [7, 11) is 0. The van der Waals surface area contributed by atoms with Crippen LogP contribution in [0.15, 0.2) is 15.0 Å². The van der Waals surface area contributed by atoms with Crippen LogP contribution in [0.4, 0.5) is 15.8 Å². The smallest absolute Gasteiger partial charge is 0.295 e. The lowest BCUT2D eigenvalue weighted by Gasteiger charge is -2.19. The van der Waals surface area contributed by atoms with Crippen LogP contribution >= 0.6 is 31.9 Å². The molecular weight excluding hydrogens is 359 g/mol. The van der Waals surface area contributed by atoms with Gasteiger partial charge in [-0.15, -0.1) is 0 Å². The summed E-state index contributed by atoms with van der Waals surface area (Å²) in [6, 6.07) is 1.22. The van der Waals surface area contributed by atoms with E-state index in [1.807, 2.05) is 4.90 Å². The number of nitrogens with zero attached hydrogens (tertiary/aromatic N) is 2. The molecule has 1 saturated heterocycles. The first-order chi connectivity index (χ1) is 8.02. The highest BCUT2D eigenvalue weighted by atomic mass is 79.9. The van der Waals surface area contributed by atoms with Crippen LogP contribution < -0.4 is 4.90 Å². The Morgan fingerprint density at radius 1 is 1.35 bits per heavy atom. The number of benzene rings is 1. The molecule has 4 nitrogen and oxygen atoms in total. The summed E-state index contributed by atoms with van der Waals surface area (Å²) < 4.78 is 14.0. The number of nitro groups is 1. The van der Waals surface area contributed by atoms with Crippen LogP contribution in [-0.4, -0.2) is 18.0 Å². The second-order valence-corrected chi connectivity index (χ2v) is 5.45. The zero-order chi connectivity index (χ0) is 12.6. The Hall–Kier alpha value is -0.690. The Bertz CT molecular complexity index is 476. The van der Waals surface area contributed by atoms with Crippen molar-refractivity contribution < 1.29 is 9.31 Å². The van der Waals surface area contributed by atoms with E-state index in [1.165, 1.54) is 6.07 Å². The number of halogens is 3. The normalized spacial score (nSPS) is 15.4. The van der Waals surface area contributed by atoms with Gasteiger partial charge in [-0.2, -0.15) is 0 Å². The van der Waals surface area contributed by atoms with Gasteiger partial charge in [0.1, 0.15) is 5.69 Å². The fraction of sp³-hybridized carbons (Fsp3) is 0.400. The Morgan fingerprint density at radius 2 is 1.94 bits per heavy atom. The molecule has 0 spiro atoms. The monoisotopic (exact) mass is 366 g/mol. The first kappa shape index (κ1) is 12.8. The molecule has 1 aliphatic rings. The molecule has 0 radical (unpaired) electrons. The summed E-state index contributed by atoms with van der Waals surface area (Å²) in [6.07, 6.45) is 1.95. The van der Waals surface area contributed by atoms with Crippen LogP contribution in [0.2, 0.25) is 0 Å². The maximum absolute atomic E-state index is 13.7. The Kier molecular flexibility index (Phi) is 3.67. The topological polar surface area (TPSA) is 46.4 Å². The molecule has 92 valence electrons. The average Bonchev–Trinajstić information content (AvgIpc) is 2.78. The quantitative estimate of drug-likeness (QED) is 0.453. The van der Waals surface area contributed by atoms with E-state index in [2.05, 4.69) is 31.9 Å². The Balaban J connectivity index is 2.61. The zero-order valence-electron chi connectivity index (χ0n) is 8.75. The molecule has 1 heterocycles. The Morgan fingerprint density at radius 3 is 2.47 bits per heavy atom. The molecule has 1 aromatic rings.